The third-order valence-electron chi connectivity index (χ3n) is 4.68. The Balaban J connectivity index is 2.43. The average Bonchev–Trinajstić information content (AvgIpc) is 3.24. The zero-order valence-corrected chi connectivity index (χ0v) is 20.0. The van der Waals surface area contributed by atoms with E-state index in [9.17, 15) is 9.18 Å². The van der Waals surface area contributed by atoms with E-state index in [1.165, 1.54) is 28.4 Å². The minimum atomic E-state index is -0.625. The second kappa shape index (κ2) is 12.1. The molecule has 0 atom stereocenters. The van der Waals surface area contributed by atoms with Crippen molar-refractivity contribution in [1.82, 2.24) is 10.2 Å². The maximum Gasteiger partial charge on any atom is 0.263 e. The molecule has 1 heterocycles. The Morgan fingerprint density at radius 1 is 1.25 bits per heavy atom. The van der Waals surface area contributed by atoms with Gasteiger partial charge in [-0.3, -0.25) is 9.69 Å². The van der Waals surface area contributed by atoms with E-state index < -0.39 is 11.7 Å². The van der Waals surface area contributed by atoms with Crippen LogP contribution in [0.4, 0.5) is 9.52 Å². The number of aromatic nitrogens is 2. The predicted molar refractivity (Wildman–Crippen MR) is 131 cm³/mol. The topological polar surface area (TPSA) is 55.3 Å². The number of amides is 1. The number of allylic oxidation sites excluding steroid dienone is 3. The van der Waals surface area contributed by atoms with Crippen LogP contribution < -0.4 is 9.64 Å². The van der Waals surface area contributed by atoms with Crippen LogP contribution in [0.5, 0.6) is 5.75 Å². The molecule has 0 unspecified atom stereocenters. The van der Waals surface area contributed by atoms with Gasteiger partial charge in [-0.2, -0.15) is 0 Å². The molecule has 7 heteroatoms. The molecule has 0 fully saturated rings. The first kappa shape index (κ1) is 25.2. The second-order valence-corrected chi connectivity index (χ2v) is 8.16. The molecule has 0 spiro atoms. The Labute approximate surface area is 193 Å². The second-order valence-electron chi connectivity index (χ2n) is 7.20. The summed E-state index contributed by atoms with van der Waals surface area (Å²) in [4.78, 5) is 14.6. The molecule has 0 radical (unpaired) electrons. The highest BCUT2D eigenvalue weighted by atomic mass is 32.1. The molecule has 5 nitrogen and oxygen atoms in total. The van der Waals surface area contributed by atoms with Crippen molar-refractivity contribution in [2.75, 3.05) is 18.1 Å². The number of hydrogen-bond donors (Lipinski definition) is 0. The SMILES string of the molecule is C=CCOc1c(C)cc(-c2nnc(N(CCCC)C(=O)C(C=C)=C(F)C=CC)s2)cc1C. The van der Waals surface area contributed by atoms with Crippen LogP contribution in [0.3, 0.4) is 0 Å². The van der Waals surface area contributed by atoms with Gasteiger partial charge in [-0.25, -0.2) is 4.39 Å². The first-order valence-electron chi connectivity index (χ1n) is 10.5. The highest BCUT2D eigenvalue weighted by Gasteiger charge is 2.24. The van der Waals surface area contributed by atoms with Crippen LogP contribution in [0.1, 0.15) is 37.8 Å². The van der Waals surface area contributed by atoms with Crippen molar-refractivity contribution in [2.45, 2.75) is 40.5 Å². The average molecular weight is 456 g/mol. The molecule has 2 rings (SSSR count). The van der Waals surface area contributed by atoms with Gasteiger partial charge in [0.25, 0.3) is 5.91 Å². The third kappa shape index (κ3) is 6.01. The molecule has 1 amide bonds. The number of halogens is 1. The lowest BCUT2D eigenvalue weighted by atomic mass is 10.1. The molecule has 0 aliphatic heterocycles. The minimum absolute atomic E-state index is 0.0913. The normalized spacial score (nSPS) is 11.9. The zero-order chi connectivity index (χ0) is 23.7. The van der Waals surface area contributed by atoms with Crippen molar-refractivity contribution in [2.24, 2.45) is 0 Å². The molecule has 2 aromatic rings. The summed E-state index contributed by atoms with van der Waals surface area (Å²) < 4.78 is 20.2. The van der Waals surface area contributed by atoms with Gasteiger partial charge in [0.15, 0.2) is 0 Å². The molecule has 0 aliphatic carbocycles. The Bertz CT molecular complexity index is 1020. The van der Waals surface area contributed by atoms with Gasteiger partial charge in [0.05, 0.1) is 5.57 Å². The molecule has 0 N–H and O–H groups in total. The van der Waals surface area contributed by atoms with Crippen LogP contribution in [0.15, 0.2) is 61.0 Å². The summed E-state index contributed by atoms with van der Waals surface area (Å²) in [6.45, 7) is 15.8. The van der Waals surface area contributed by atoms with E-state index >= 15 is 0 Å². The van der Waals surface area contributed by atoms with Gasteiger partial charge in [-0.05, 0) is 56.5 Å². The highest BCUT2D eigenvalue weighted by Crippen LogP contribution is 2.34. The van der Waals surface area contributed by atoms with Gasteiger partial charge >= 0.3 is 0 Å². The summed E-state index contributed by atoms with van der Waals surface area (Å²) in [6.07, 6.45) is 7.37. The van der Waals surface area contributed by atoms with E-state index in [4.69, 9.17) is 4.74 Å². The number of rotatable bonds is 11. The van der Waals surface area contributed by atoms with E-state index in [2.05, 4.69) is 23.4 Å². The molecule has 1 aromatic carbocycles. The molecule has 0 aliphatic rings. The molecule has 1 aromatic heterocycles. The highest BCUT2D eigenvalue weighted by molar-refractivity contribution is 7.18. The fraction of sp³-hybridized carbons (Fsp3) is 0.320. The van der Waals surface area contributed by atoms with Crippen LogP contribution >= 0.6 is 11.3 Å². The largest absolute Gasteiger partial charge is 0.489 e. The molecule has 170 valence electrons. The lowest BCUT2D eigenvalue weighted by Gasteiger charge is -2.19. The smallest absolute Gasteiger partial charge is 0.263 e. The van der Waals surface area contributed by atoms with Crippen molar-refractivity contribution in [3.05, 3.63) is 72.1 Å². The van der Waals surface area contributed by atoms with Gasteiger partial charge in [0.1, 0.15) is 23.2 Å². The van der Waals surface area contributed by atoms with Gasteiger partial charge in [-0.1, -0.05) is 56.1 Å². The number of benzene rings is 1. The van der Waals surface area contributed by atoms with Crippen LogP contribution in [0.2, 0.25) is 0 Å². The predicted octanol–water partition coefficient (Wildman–Crippen LogP) is 6.51. The lowest BCUT2D eigenvalue weighted by Crippen LogP contribution is -2.33. The first-order chi connectivity index (χ1) is 15.4. The van der Waals surface area contributed by atoms with Crippen LogP contribution in [-0.4, -0.2) is 29.3 Å². The molecule has 32 heavy (non-hydrogen) atoms. The van der Waals surface area contributed by atoms with Gasteiger partial charge < -0.3 is 4.74 Å². The van der Waals surface area contributed by atoms with Gasteiger partial charge in [0, 0.05) is 12.1 Å². The van der Waals surface area contributed by atoms with E-state index in [1.807, 2.05) is 32.9 Å². The molecule has 0 saturated heterocycles. The number of unbranched alkanes of at least 4 members (excludes halogenated alkanes) is 1. The first-order valence-corrected chi connectivity index (χ1v) is 11.3. The number of carbonyl (C=O) groups excluding carboxylic acids is 1. The number of anilines is 1. The van der Waals surface area contributed by atoms with Crippen molar-refractivity contribution in [3.63, 3.8) is 0 Å². The standard InChI is InChI=1S/C25H30FN3O2S/c1-7-11-13-29(24(30)20(10-4)21(26)12-8-2)25-28-27-23(32-25)19-15-17(5)22(18(6)16-19)31-14-9-3/h8-10,12,15-16H,3-4,7,11,13-14H2,1-2,5-6H3. The Kier molecular flexibility index (Phi) is 9.53. The fourth-order valence-corrected chi connectivity index (χ4v) is 4.01. The summed E-state index contributed by atoms with van der Waals surface area (Å²) in [6, 6.07) is 3.96. The third-order valence-corrected chi connectivity index (χ3v) is 5.68. The number of hydrogen-bond acceptors (Lipinski definition) is 5. The summed E-state index contributed by atoms with van der Waals surface area (Å²) in [5.74, 6) is -0.286. The van der Waals surface area contributed by atoms with E-state index in [0.29, 0.717) is 23.3 Å². The Hall–Kier alpha value is -3.06. The minimum Gasteiger partial charge on any atom is -0.489 e. The number of aryl methyl sites for hydroxylation is 2. The maximum absolute atomic E-state index is 14.4. The van der Waals surface area contributed by atoms with E-state index in [0.717, 1.165) is 35.3 Å². The number of ether oxygens (including phenoxy) is 1. The van der Waals surface area contributed by atoms with Crippen LogP contribution in [0, 0.1) is 13.8 Å². The van der Waals surface area contributed by atoms with E-state index in [-0.39, 0.29) is 5.57 Å². The lowest BCUT2D eigenvalue weighted by molar-refractivity contribution is -0.115. The van der Waals surface area contributed by atoms with Crippen LogP contribution in [-0.2, 0) is 4.79 Å². The van der Waals surface area contributed by atoms with Crippen molar-refractivity contribution in [3.8, 4) is 16.3 Å². The summed E-state index contributed by atoms with van der Waals surface area (Å²) in [7, 11) is 0. The summed E-state index contributed by atoms with van der Waals surface area (Å²) in [5, 5.41) is 9.66. The Morgan fingerprint density at radius 3 is 2.50 bits per heavy atom. The molecular weight excluding hydrogens is 425 g/mol. The van der Waals surface area contributed by atoms with Crippen molar-refractivity contribution in [1.29, 1.82) is 0 Å². The Morgan fingerprint density at radius 2 is 1.94 bits per heavy atom. The molecule has 0 saturated carbocycles. The monoisotopic (exact) mass is 455 g/mol. The number of carbonyl (C=O) groups is 1. The molecule has 0 bridgehead atoms. The van der Waals surface area contributed by atoms with Crippen LogP contribution in [0.25, 0.3) is 10.6 Å². The van der Waals surface area contributed by atoms with Crippen molar-refractivity contribution >= 4 is 22.4 Å². The quantitative estimate of drug-likeness (QED) is 0.220. The number of nitrogens with zero attached hydrogens (tertiary/aromatic N) is 3. The fourth-order valence-electron chi connectivity index (χ4n) is 3.15. The summed E-state index contributed by atoms with van der Waals surface area (Å²) >= 11 is 1.30. The summed E-state index contributed by atoms with van der Waals surface area (Å²) in [5.41, 5.74) is 2.74. The van der Waals surface area contributed by atoms with Crippen molar-refractivity contribution < 1.29 is 13.9 Å². The zero-order valence-electron chi connectivity index (χ0n) is 19.2. The maximum atomic E-state index is 14.4. The molecular formula is C25H30FN3O2S. The van der Waals surface area contributed by atoms with E-state index in [1.54, 1.807) is 19.1 Å². The van der Waals surface area contributed by atoms with Gasteiger partial charge in [-0.15, -0.1) is 10.2 Å². The van der Waals surface area contributed by atoms with Gasteiger partial charge in [0.2, 0.25) is 5.13 Å².